The Morgan fingerprint density at radius 1 is 1.08 bits per heavy atom. The summed E-state index contributed by atoms with van der Waals surface area (Å²) in [5, 5.41) is 5.39. The molecule has 10 heteroatoms. The summed E-state index contributed by atoms with van der Waals surface area (Å²) in [4.78, 5) is 26.4. The van der Waals surface area contributed by atoms with Gasteiger partial charge in [-0.15, -0.1) is 0 Å². The smallest absolute Gasteiger partial charge is 0.324 e. The number of fused-ring (bicyclic) bond motifs is 1. The number of carbonyl (C=O) groups excluding carboxylic acids is 2. The summed E-state index contributed by atoms with van der Waals surface area (Å²) in [7, 11) is 0. The van der Waals surface area contributed by atoms with Crippen molar-refractivity contribution in [2.75, 3.05) is 4.90 Å². The van der Waals surface area contributed by atoms with Gasteiger partial charge in [-0.2, -0.15) is 13.9 Å². The average Bonchev–Trinajstić information content (AvgIpc) is 3.39. The van der Waals surface area contributed by atoms with Crippen molar-refractivity contribution in [1.29, 1.82) is 0 Å². The second-order valence-electron chi connectivity index (χ2n) is 9.18. The Labute approximate surface area is 215 Å². The quantitative estimate of drug-likeness (QED) is 0.351. The fraction of sp³-hybridized carbons (Fsp3) is 0.222. The molecular weight excluding hydrogens is 505 g/mol. The van der Waals surface area contributed by atoms with Crippen molar-refractivity contribution in [3.8, 4) is 5.69 Å². The molecule has 0 spiro atoms. The number of nitrogens with zero attached hydrogens (tertiary/aromatic N) is 3. The maximum absolute atomic E-state index is 14.5. The summed E-state index contributed by atoms with van der Waals surface area (Å²) in [5.41, 5.74) is 7.29. The summed E-state index contributed by atoms with van der Waals surface area (Å²) in [5.74, 6) is -8.05. The molecule has 0 saturated carbocycles. The van der Waals surface area contributed by atoms with Gasteiger partial charge in [0.15, 0.2) is 0 Å². The van der Waals surface area contributed by atoms with Gasteiger partial charge in [0.2, 0.25) is 5.91 Å². The highest BCUT2D eigenvalue weighted by atomic mass is 35.5. The van der Waals surface area contributed by atoms with E-state index in [0.717, 1.165) is 0 Å². The lowest BCUT2D eigenvalue weighted by Crippen LogP contribution is -2.39. The van der Waals surface area contributed by atoms with E-state index in [0.29, 0.717) is 32.9 Å². The van der Waals surface area contributed by atoms with Crippen LogP contribution in [0.15, 0.2) is 72.9 Å². The van der Waals surface area contributed by atoms with Gasteiger partial charge in [-0.05, 0) is 54.1 Å². The molecule has 190 valence electrons. The topological polar surface area (TPSA) is 81.2 Å². The Balaban J connectivity index is 1.60. The van der Waals surface area contributed by atoms with E-state index in [-0.39, 0.29) is 11.7 Å². The summed E-state index contributed by atoms with van der Waals surface area (Å²) in [6, 6.07) is 16.9. The van der Waals surface area contributed by atoms with Gasteiger partial charge in [0.05, 0.1) is 23.4 Å². The van der Waals surface area contributed by atoms with E-state index in [1.165, 1.54) is 17.0 Å². The molecule has 1 aromatic heterocycles. The molecule has 5 rings (SSSR count). The zero-order valence-corrected chi connectivity index (χ0v) is 20.4. The van der Waals surface area contributed by atoms with Crippen molar-refractivity contribution in [2.45, 2.75) is 25.3 Å². The SMILES string of the molecule is C[C@H]1C(=O)N(c2ccc3c(cnn3-c3ccc(F)cc3)c2)[C@@H](c2ccccc2Cl)[C@H]1CC(F)(F)C(N)=O. The molecule has 0 unspecified atom stereocenters. The fourth-order valence-electron chi connectivity index (χ4n) is 5.02. The van der Waals surface area contributed by atoms with E-state index in [9.17, 15) is 22.8 Å². The molecule has 4 aromatic rings. The van der Waals surface area contributed by atoms with Gasteiger partial charge in [0, 0.05) is 34.4 Å². The van der Waals surface area contributed by atoms with E-state index < -0.39 is 36.1 Å². The standard InChI is InChI=1S/C27H22ClF3N4O2/c1-15-21(13-27(30,31)26(32)37)24(20-4-2-3-5-22(20)28)34(25(15)36)19-10-11-23-16(12-19)14-33-35(23)18-8-6-17(29)7-9-18/h2-12,14-15,21,24H,13H2,1H3,(H2,32,37)/t15-,21+,24+/m1/s1. The number of amides is 2. The van der Waals surface area contributed by atoms with Gasteiger partial charge < -0.3 is 10.6 Å². The Hall–Kier alpha value is -3.85. The number of hydrogen-bond donors (Lipinski definition) is 1. The molecular formula is C27H22ClF3N4O2. The van der Waals surface area contributed by atoms with E-state index in [4.69, 9.17) is 17.3 Å². The van der Waals surface area contributed by atoms with Crippen molar-refractivity contribution in [3.05, 3.63) is 89.3 Å². The zero-order valence-electron chi connectivity index (χ0n) is 19.6. The number of carbonyl (C=O) groups is 2. The van der Waals surface area contributed by atoms with E-state index in [2.05, 4.69) is 5.10 Å². The summed E-state index contributed by atoms with van der Waals surface area (Å²) >= 11 is 6.47. The first kappa shape index (κ1) is 24.8. The highest BCUT2D eigenvalue weighted by Crippen LogP contribution is 2.50. The van der Waals surface area contributed by atoms with Crippen LogP contribution in [0.2, 0.25) is 5.02 Å². The van der Waals surface area contributed by atoms with Gasteiger partial charge in [0.25, 0.3) is 5.91 Å². The van der Waals surface area contributed by atoms with E-state index in [1.807, 2.05) is 0 Å². The highest BCUT2D eigenvalue weighted by Gasteiger charge is 2.52. The van der Waals surface area contributed by atoms with E-state index >= 15 is 0 Å². The number of nitrogens with two attached hydrogens (primary N) is 1. The summed E-state index contributed by atoms with van der Waals surface area (Å²) < 4.78 is 44.1. The van der Waals surface area contributed by atoms with Crippen molar-refractivity contribution < 1.29 is 22.8 Å². The molecule has 3 atom stereocenters. The normalized spacial score (nSPS) is 20.1. The Kier molecular flexibility index (Phi) is 6.19. The van der Waals surface area contributed by atoms with Crippen molar-refractivity contribution >= 4 is 40.0 Å². The minimum Gasteiger partial charge on any atom is -0.364 e. The van der Waals surface area contributed by atoms with Crippen molar-refractivity contribution in [2.24, 2.45) is 17.6 Å². The molecule has 0 aliphatic carbocycles. The van der Waals surface area contributed by atoms with Crippen LogP contribution in [0.1, 0.15) is 24.9 Å². The monoisotopic (exact) mass is 526 g/mol. The molecule has 6 nitrogen and oxygen atoms in total. The van der Waals surface area contributed by atoms with Crippen LogP contribution < -0.4 is 10.6 Å². The number of benzene rings is 3. The molecule has 3 aromatic carbocycles. The highest BCUT2D eigenvalue weighted by molar-refractivity contribution is 6.31. The molecule has 2 amide bonds. The van der Waals surface area contributed by atoms with Crippen molar-refractivity contribution in [3.63, 3.8) is 0 Å². The van der Waals surface area contributed by atoms with Crippen LogP contribution in [0, 0.1) is 17.7 Å². The molecule has 1 fully saturated rings. The first-order valence-electron chi connectivity index (χ1n) is 11.6. The second-order valence-corrected chi connectivity index (χ2v) is 9.58. The van der Waals surface area contributed by atoms with Crippen LogP contribution in [-0.2, 0) is 9.59 Å². The van der Waals surface area contributed by atoms with Crippen LogP contribution in [0.4, 0.5) is 18.9 Å². The zero-order chi connectivity index (χ0) is 26.5. The second kappa shape index (κ2) is 9.23. The number of anilines is 1. The molecule has 2 heterocycles. The largest absolute Gasteiger partial charge is 0.364 e. The number of alkyl halides is 2. The van der Waals surface area contributed by atoms with Crippen LogP contribution in [0.5, 0.6) is 0 Å². The Morgan fingerprint density at radius 2 is 1.76 bits per heavy atom. The van der Waals surface area contributed by atoms with Gasteiger partial charge >= 0.3 is 5.92 Å². The molecule has 0 bridgehead atoms. The third-order valence-electron chi connectivity index (χ3n) is 6.93. The number of rotatable bonds is 6. The van der Waals surface area contributed by atoms with Gasteiger partial charge in [-0.1, -0.05) is 36.7 Å². The van der Waals surface area contributed by atoms with Gasteiger partial charge in [0.1, 0.15) is 5.82 Å². The number of primary amides is 1. The van der Waals surface area contributed by atoms with Gasteiger partial charge in [-0.25, -0.2) is 9.07 Å². The number of hydrogen-bond acceptors (Lipinski definition) is 3. The van der Waals surface area contributed by atoms with Crippen LogP contribution in [0.25, 0.3) is 16.6 Å². The lowest BCUT2D eigenvalue weighted by molar-refractivity contribution is -0.145. The molecule has 1 saturated heterocycles. The third kappa shape index (κ3) is 4.33. The maximum atomic E-state index is 14.5. The first-order valence-corrected chi connectivity index (χ1v) is 12.0. The minimum atomic E-state index is -3.80. The number of halogens is 4. The number of aromatic nitrogens is 2. The maximum Gasteiger partial charge on any atom is 0.324 e. The Bertz CT molecular complexity index is 1510. The molecule has 2 N–H and O–H groups in total. The average molecular weight is 527 g/mol. The third-order valence-corrected chi connectivity index (χ3v) is 7.27. The predicted molar refractivity (Wildman–Crippen MR) is 134 cm³/mol. The van der Waals surface area contributed by atoms with Crippen LogP contribution in [0.3, 0.4) is 0 Å². The first-order chi connectivity index (χ1) is 17.6. The summed E-state index contributed by atoms with van der Waals surface area (Å²) in [6.45, 7) is 1.57. The minimum absolute atomic E-state index is 0.317. The Morgan fingerprint density at radius 3 is 2.43 bits per heavy atom. The van der Waals surface area contributed by atoms with Gasteiger partial charge in [-0.3, -0.25) is 9.59 Å². The lowest BCUT2D eigenvalue weighted by atomic mass is 9.83. The summed E-state index contributed by atoms with van der Waals surface area (Å²) in [6.07, 6.45) is 0.710. The van der Waals surface area contributed by atoms with Crippen LogP contribution in [-0.4, -0.2) is 27.5 Å². The molecule has 0 radical (unpaired) electrons. The lowest BCUT2D eigenvalue weighted by Gasteiger charge is -2.31. The van der Waals surface area contributed by atoms with Crippen LogP contribution >= 0.6 is 11.6 Å². The predicted octanol–water partition coefficient (Wildman–Crippen LogP) is 5.67. The van der Waals surface area contributed by atoms with Crippen molar-refractivity contribution in [1.82, 2.24) is 9.78 Å². The van der Waals surface area contributed by atoms with E-state index in [1.54, 1.807) is 72.4 Å². The molecule has 37 heavy (non-hydrogen) atoms. The fourth-order valence-corrected chi connectivity index (χ4v) is 5.27. The molecule has 1 aliphatic heterocycles. The molecule has 1 aliphatic rings.